The summed E-state index contributed by atoms with van der Waals surface area (Å²) in [4.78, 5) is 25.2. The van der Waals surface area contributed by atoms with E-state index in [1.165, 1.54) is 0 Å². The van der Waals surface area contributed by atoms with Crippen molar-refractivity contribution >= 4 is 11.9 Å². The van der Waals surface area contributed by atoms with Crippen molar-refractivity contribution < 1.29 is 14.3 Å². The predicted molar refractivity (Wildman–Crippen MR) is 79.2 cm³/mol. The molecule has 0 radical (unpaired) electrons. The van der Waals surface area contributed by atoms with Gasteiger partial charge in [-0.05, 0) is 54.3 Å². The van der Waals surface area contributed by atoms with Gasteiger partial charge in [-0.1, -0.05) is 0 Å². The van der Waals surface area contributed by atoms with E-state index in [0.717, 1.165) is 13.0 Å². The molecule has 3 N–H and O–H groups in total. The Morgan fingerprint density at radius 3 is 2.40 bits per heavy atom. The highest BCUT2D eigenvalue weighted by molar-refractivity contribution is 5.82. The Morgan fingerprint density at radius 1 is 1.30 bits per heavy atom. The van der Waals surface area contributed by atoms with Crippen molar-refractivity contribution in [2.45, 2.75) is 51.7 Å². The van der Waals surface area contributed by atoms with Crippen molar-refractivity contribution in [3.8, 4) is 0 Å². The summed E-state index contributed by atoms with van der Waals surface area (Å²) < 4.78 is 5.16. The number of rotatable bonds is 8. The lowest BCUT2D eigenvalue weighted by Crippen LogP contribution is -2.41. The van der Waals surface area contributed by atoms with Crippen LogP contribution < -0.4 is 11.1 Å². The van der Waals surface area contributed by atoms with E-state index in [1.807, 2.05) is 34.9 Å². The van der Waals surface area contributed by atoms with Crippen molar-refractivity contribution in [3.63, 3.8) is 0 Å². The maximum Gasteiger partial charge on any atom is 0.306 e. The second-order valence-corrected chi connectivity index (χ2v) is 6.18. The molecule has 20 heavy (non-hydrogen) atoms. The Kier molecular flexibility index (Phi) is 8.41. The summed E-state index contributed by atoms with van der Waals surface area (Å²) in [6.07, 6.45) is 1.33. The molecule has 0 aromatic rings. The molecule has 0 aliphatic rings. The lowest BCUT2D eigenvalue weighted by Gasteiger charge is -2.20. The van der Waals surface area contributed by atoms with Crippen LogP contribution in [0, 0.1) is 0 Å². The Bertz CT molecular complexity index is 311. The fraction of sp³-hybridized carbons (Fsp3) is 0.857. The third-order valence-electron chi connectivity index (χ3n) is 2.50. The molecule has 1 atom stereocenters. The van der Waals surface area contributed by atoms with Crippen LogP contribution in [0.2, 0.25) is 0 Å². The van der Waals surface area contributed by atoms with Crippen molar-refractivity contribution in [1.82, 2.24) is 10.2 Å². The van der Waals surface area contributed by atoms with Gasteiger partial charge in [0.1, 0.15) is 5.60 Å². The molecule has 0 fully saturated rings. The fourth-order valence-electron chi connectivity index (χ4n) is 1.53. The van der Waals surface area contributed by atoms with Gasteiger partial charge in [0.15, 0.2) is 0 Å². The van der Waals surface area contributed by atoms with Crippen LogP contribution >= 0.6 is 0 Å². The molecule has 0 bridgehead atoms. The highest BCUT2D eigenvalue weighted by Crippen LogP contribution is 2.09. The summed E-state index contributed by atoms with van der Waals surface area (Å²) in [5.74, 6) is -0.541. The molecule has 0 spiro atoms. The van der Waals surface area contributed by atoms with E-state index in [4.69, 9.17) is 10.5 Å². The van der Waals surface area contributed by atoms with Crippen molar-refractivity contribution in [2.75, 3.05) is 27.2 Å². The van der Waals surface area contributed by atoms with Gasteiger partial charge < -0.3 is 20.7 Å². The molecule has 1 unspecified atom stereocenters. The molecule has 0 saturated carbocycles. The first-order valence-corrected chi connectivity index (χ1v) is 7.01. The number of amides is 1. The monoisotopic (exact) mass is 287 g/mol. The number of hydrogen-bond donors (Lipinski definition) is 2. The second-order valence-electron chi connectivity index (χ2n) is 6.18. The Morgan fingerprint density at radius 2 is 1.90 bits per heavy atom. The molecular weight excluding hydrogens is 258 g/mol. The number of carbonyl (C=O) groups is 2. The van der Waals surface area contributed by atoms with Gasteiger partial charge >= 0.3 is 5.97 Å². The van der Waals surface area contributed by atoms with E-state index in [9.17, 15) is 9.59 Å². The van der Waals surface area contributed by atoms with Gasteiger partial charge in [-0.25, -0.2) is 0 Å². The first-order chi connectivity index (χ1) is 9.11. The summed E-state index contributed by atoms with van der Waals surface area (Å²) in [5, 5.41) is 2.77. The minimum atomic E-state index is -0.665. The van der Waals surface area contributed by atoms with Crippen LogP contribution in [0.15, 0.2) is 0 Å². The summed E-state index contributed by atoms with van der Waals surface area (Å²) in [7, 11) is 3.96. The molecular formula is C14H29N3O3. The van der Waals surface area contributed by atoms with E-state index in [0.29, 0.717) is 13.0 Å². The van der Waals surface area contributed by atoms with Gasteiger partial charge in [-0.2, -0.15) is 0 Å². The average molecular weight is 287 g/mol. The summed E-state index contributed by atoms with van der Waals surface area (Å²) in [5.41, 5.74) is 5.24. The Balaban J connectivity index is 3.82. The van der Waals surface area contributed by atoms with Crippen LogP contribution in [0.3, 0.4) is 0 Å². The van der Waals surface area contributed by atoms with Gasteiger partial charge in [-0.3, -0.25) is 9.59 Å². The van der Waals surface area contributed by atoms with Gasteiger partial charge in [0.05, 0.1) is 6.04 Å². The molecule has 6 nitrogen and oxygen atoms in total. The van der Waals surface area contributed by atoms with E-state index in [-0.39, 0.29) is 18.3 Å². The third kappa shape index (κ3) is 10.8. The molecule has 0 aromatic carbocycles. The molecule has 118 valence electrons. The van der Waals surface area contributed by atoms with Crippen molar-refractivity contribution in [2.24, 2.45) is 5.73 Å². The van der Waals surface area contributed by atoms with Crippen LogP contribution in [-0.2, 0) is 14.3 Å². The standard InChI is InChI=1S/C14H29N3O3/c1-14(2,3)20-12(18)8-7-11(15)13(19)16-9-6-10-17(4)5/h11H,6-10,15H2,1-5H3,(H,16,19). The quantitative estimate of drug-likeness (QED) is 0.502. The molecule has 0 aromatic heterocycles. The zero-order chi connectivity index (χ0) is 15.8. The molecule has 0 heterocycles. The Labute approximate surface area is 122 Å². The number of hydrogen-bond acceptors (Lipinski definition) is 5. The normalized spacial score (nSPS) is 13.2. The first kappa shape index (κ1) is 18.9. The number of esters is 1. The maximum absolute atomic E-state index is 11.7. The van der Waals surface area contributed by atoms with Crippen LogP contribution in [-0.4, -0.2) is 55.6 Å². The molecule has 0 aliphatic carbocycles. The van der Waals surface area contributed by atoms with Crippen molar-refractivity contribution in [1.29, 1.82) is 0 Å². The van der Waals surface area contributed by atoms with E-state index < -0.39 is 11.6 Å². The van der Waals surface area contributed by atoms with E-state index in [1.54, 1.807) is 0 Å². The van der Waals surface area contributed by atoms with Crippen LogP contribution in [0.25, 0.3) is 0 Å². The molecule has 1 amide bonds. The minimum Gasteiger partial charge on any atom is -0.460 e. The van der Waals surface area contributed by atoms with Gasteiger partial charge in [0, 0.05) is 13.0 Å². The first-order valence-electron chi connectivity index (χ1n) is 7.01. The number of carbonyl (C=O) groups excluding carboxylic acids is 2. The highest BCUT2D eigenvalue weighted by atomic mass is 16.6. The largest absolute Gasteiger partial charge is 0.460 e. The average Bonchev–Trinajstić information content (AvgIpc) is 2.28. The van der Waals surface area contributed by atoms with Gasteiger partial charge in [-0.15, -0.1) is 0 Å². The second kappa shape index (κ2) is 8.92. The zero-order valence-corrected chi connectivity index (χ0v) is 13.4. The Hall–Kier alpha value is -1.14. The highest BCUT2D eigenvalue weighted by Gasteiger charge is 2.19. The molecule has 6 heteroatoms. The lowest BCUT2D eigenvalue weighted by atomic mass is 10.1. The van der Waals surface area contributed by atoms with E-state index in [2.05, 4.69) is 10.2 Å². The number of ether oxygens (including phenoxy) is 1. The maximum atomic E-state index is 11.7. The van der Waals surface area contributed by atoms with Gasteiger partial charge in [0.25, 0.3) is 0 Å². The summed E-state index contributed by atoms with van der Waals surface area (Å²) in [6, 6.07) is -0.665. The topological polar surface area (TPSA) is 84.7 Å². The van der Waals surface area contributed by atoms with Crippen LogP contribution in [0.4, 0.5) is 0 Å². The smallest absolute Gasteiger partial charge is 0.306 e. The fourth-order valence-corrected chi connectivity index (χ4v) is 1.53. The summed E-state index contributed by atoms with van der Waals surface area (Å²) in [6.45, 7) is 6.93. The number of nitrogens with two attached hydrogens (primary N) is 1. The molecule has 0 saturated heterocycles. The minimum absolute atomic E-state index is 0.156. The van der Waals surface area contributed by atoms with Crippen LogP contribution in [0.1, 0.15) is 40.0 Å². The summed E-state index contributed by atoms with van der Waals surface area (Å²) >= 11 is 0. The predicted octanol–water partition coefficient (Wildman–Crippen LogP) is 0.504. The number of nitrogens with zero attached hydrogens (tertiary/aromatic N) is 1. The third-order valence-corrected chi connectivity index (χ3v) is 2.50. The van der Waals surface area contributed by atoms with Crippen molar-refractivity contribution in [3.05, 3.63) is 0 Å². The zero-order valence-electron chi connectivity index (χ0n) is 13.4. The van der Waals surface area contributed by atoms with Crippen LogP contribution in [0.5, 0.6) is 0 Å². The number of nitrogens with one attached hydrogen (secondary N) is 1. The molecule has 0 aliphatic heterocycles. The lowest BCUT2D eigenvalue weighted by molar-refractivity contribution is -0.155. The van der Waals surface area contributed by atoms with Gasteiger partial charge in [0.2, 0.25) is 5.91 Å². The molecule has 0 rings (SSSR count). The SMILES string of the molecule is CN(C)CCCNC(=O)C(N)CCC(=O)OC(C)(C)C. The van der Waals surface area contributed by atoms with E-state index >= 15 is 0 Å².